The minimum atomic E-state index is -0.635. The standard InChI is InChI=1S/C11H13IO3/c1-2-3-8-14-11(13)15-10-6-4-9(12)5-7-10/h4-7H,2-3,8H2,1H3. The van der Waals surface area contributed by atoms with Gasteiger partial charge in [-0.3, -0.25) is 0 Å². The Bertz CT molecular complexity index is 308. The van der Waals surface area contributed by atoms with Crippen LogP contribution in [0.25, 0.3) is 0 Å². The van der Waals surface area contributed by atoms with Gasteiger partial charge in [0.25, 0.3) is 0 Å². The van der Waals surface area contributed by atoms with Crippen molar-refractivity contribution in [3.8, 4) is 5.75 Å². The fourth-order valence-corrected chi connectivity index (χ4v) is 1.29. The molecule has 0 aliphatic carbocycles. The van der Waals surface area contributed by atoms with Crippen LogP contribution in [0.5, 0.6) is 5.75 Å². The van der Waals surface area contributed by atoms with Crippen LogP contribution in [-0.2, 0) is 4.74 Å². The molecule has 0 saturated carbocycles. The van der Waals surface area contributed by atoms with E-state index in [2.05, 4.69) is 22.6 Å². The summed E-state index contributed by atoms with van der Waals surface area (Å²) in [5.41, 5.74) is 0. The highest BCUT2D eigenvalue weighted by Gasteiger charge is 2.04. The molecule has 1 aromatic carbocycles. The molecule has 0 atom stereocenters. The molecule has 0 radical (unpaired) electrons. The second kappa shape index (κ2) is 6.66. The summed E-state index contributed by atoms with van der Waals surface area (Å²) in [6, 6.07) is 7.22. The molecule has 82 valence electrons. The van der Waals surface area contributed by atoms with Crippen molar-refractivity contribution in [2.75, 3.05) is 6.61 Å². The Morgan fingerprint density at radius 3 is 2.60 bits per heavy atom. The van der Waals surface area contributed by atoms with E-state index in [9.17, 15) is 4.79 Å². The smallest absolute Gasteiger partial charge is 0.434 e. The molecule has 0 aliphatic heterocycles. The predicted molar refractivity (Wildman–Crippen MR) is 66.0 cm³/mol. The first kappa shape index (κ1) is 12.3. The molecular weight excluding hydrogens is 307 g/mol. The maximum Gasteiger partial charge on any atom is 0.513 e. The zero-order chi connectivity index (χ0) is 11.1. The van der Waals surface area contributed by atoms with E-state index in [-0.39, 0.29) is 0 Å². The van der Waals surface area contributed by atoms with Crippen LogP contribution in [0, 0.1) is 3.57 Å². The van der Waals surface area contributed by atoms with E-state index in [1.807, 2.05) is 19.1 Å². The topological polar surface area (TPSA) is 35.5 Å². The van der Waals surface area contributed by atoms with E-state index in [4.69, 9.17) is 9.47 Å². The number of hydrogen-bond donors (Lipinski definition) is 0. The number of halogens is 1. The zero-order valence-electron chi connectivity index (χ0n) is 8.53. The Hall–Kier alpha value is -0.780. The minimum Gasteiger partial charge on any atom is -0.434 e. The minimum absolute atomic E-state index is 0.416. The molecule has 0 fully saturated rings. The van der Waals surface area contributed by atoms with Gasteiger partial charge in [-0.25, -0.2) is 4.79 Å². The number of benzene rings is 1. The largest absolute Gasteiger partial charge is 0.513 e. The first-order valence-corrected chi connectivity index (χ1v) is 5.90. The SMILES string of the molecule is CCCCOC(=O)Oc1ccc(I)cc1. The van der Waals surface area contributed by atoms with Crippen molar-refractivity contribution in [1.29, 1.82) is 0 Å². The summed E-state index contributed by atoms with van der Waals surface area (Å²) in [7, 11) is 0. The molecule has 1 rings (SSSR count). The maximum atomic E-state index is 11.1. The normalized spacial score (nSPS) is 9.73. The number of ether oxygens (including phenoxy) is 2. The second-order valence-electron chi connectivity index (χ2n) is 3.01. The summed E-state index contributed by atoms with van der Waals surface area (Å²) in [4.78, 5) is 11.1. The number of carbonyl (C=O) groups is 1. The van der Waals surface area contributed by atoms with Crippen LogP contribution in [0.3, 0.4) is 0 Å². The van der Waals surface area contributed by atoms with E-state index in [1.54, 1.807) is 12.1 Å². The van der Waals surface area contributed by atoms with Gasteiger partial charge in [0, 0.05) is 3.57 Å². The molecule has 3 nitrogen and oxygen atoms in total. The Kier molecular flexibility index (Phi) is 5.45. The van der Waals surface area contributed by atoms with Crippen molar-refractivity contribution < 1.29 is 14.3 Å². The number of hydrogen-bond acceptors (Lipinski definition) is 3. The number of rotatable bonds is 4. The molecule has 4 heteroatoms. The molecule has 0 saturated heterocycles. The first-order chi connectivity index (χ1) is 7.22. The van der Waals surface area contributed by atoms with Gasteiger partial charge in [0.15, 0.2) is 0 Å². The molecule has 0 bridgehead atoms. The zero-order valence-corrected chi connectivity index (χ0v) is 10.7. The van der Waals surface area contributed by atoms with Gasteiger partial charge in [-0.1, -0.05) is 13.3 Å². The maximum absolute atomic E-state index is 11.1. The summed E-state index contributed by atoms with van der Waals surface area (Å²) < 4.78 is 10.9. The van der Waals surface area contributed by atoms with Crippen molar-refractivity contribution in [3.05, 3.63) is 27.8 Å². The molecule has 0 heterocycles. The van der Waals surface area contributed by atoms with Crippen LogP contribution in [0.2, 0.25) is 0 Å². The van der Waals surface area contributed by atoms with Gasteiger partial charge < -0.3 is 9.47 Å². The summed E-state index contributed by atoms with van der Waals surface area (Å²) in [5.74, 6) is 0.511. The first-order valence-electron chi connectivity index (χ1n) is 4.82. The Morgan fingerprint density at radius 1 is 1.33 bits per heavy atom. The fraction of sp³-hybridized carbons (Fsp3) is 0.364. The van der Waals surface area contributed by atoms with E-state index < -0.39 is 6.16 Å². The third kappa shape index (κ3) is 5.01. The lowest BCUT2D eigenvalue weighted by Crippen LogP contribution is -2.11. The van der Waals surface area contributed by atoms with Crippen LogP contribution in [0.15, 0.2) is 24.3 Å². The van der Waals surface area contributed by atoms with Crippen molar-refractivity contribution >= 4 is 28.7 Å². The van der Waals surface area contributed by atoms with Crippen LogP contribution >= 0.6 is 22.6 Å². The molecule has 15 heavy (non-hydrogen) atoms. The van der Waals surface area contributed by atoms with Gasteiger partial charge in [-0.05, 0) is 53.3 Å². The highest BCUT2D eigenvalue weighted by Crippen LogP contribution is 2.13. The van der Waals surface area contributed by atoms with Gasteiger partial charge in [-0.15, -0.1) is 0 Å². The molecule has 0 aromatic heterocycles. The van der Waals surface area contributed by atoms with Gasteiger partial charge in [0.2, 0.25) is 0 Å². The average molecular weight is 320 g/mol. The molecule has 1 aromatic rings. The Balaban J connectivity index is 2.34. The van der Waals surface area contributed by atoms with E-state index in [1.165, 1.54) is 0 Å². The van der Waals surface area contributed by atoms with Gasteiger partial charge in [-0.2, -0.15) is 0 Å². The Labute approximate surface area is 103 Å². The van der Waals surface area contributed by atoms with Crippen molar-refractivity contribution in [2.45, 2.75) is 19.8 Å². The van der Waals surface area contributed by atoms with Crippen LogP contribution < -0.4 is 4.74 Å². The van der Waals surface area contributed by atoms with Gasteiger partial charge in [0.1, 0.15) is 5.75 Å². The van der Waals surface area contributed by atoms with Crippen molar-refractivity contribution in [2.24, 2.45) is 0 Å². The van der Waals surface area contributed by atoms with Crippen LogP contribution in [-0.4, -0.2) is 12.8 Å². The molecule has 0 aliphatic rings. The average Bonchev–Trinajstić information content (AvgIpc) is 2.22. The molecule has 0 unspecified atom stereocenters. The monoisotopic (exact) mass is 320 g/mol. The van der Waals surface area contributed by atoms with Gasteiger partial charge >= 0.3 is 6.16 Å². The summed E-state index contributed by atoms with van der Waals surface area (Å²) in [6.07, 6.45) is 1.23. The summed E-state index contributed by atoms with van der Waals surface area (Å²) >= 11 is 2.19. The van der Waals surface area contributed by atoms with Crippen molar-refractivity contribution in [3.63, 3.8) is 0 Å². The molecule has 0 N–H and O–H groups in total. The lowest BCUT2D eigenvalue weighted by molar-refractivity contribution is 0.0978. The second-order valence-corrected chi connectivity index (χ2v) is 4.25. The Morgan fingerprint density at radius 2 is 2.00 bits per heavy atom. The molecule has 0 spiro atoms. The van der Waals surface area contributed by atoms with Gasteiger partial charge in [0.05, 0.1) is 6.61 Å². The molecule has 0 amide bonds. The number of unbranched alkanes of at least 4 members (excludes halogenated alkanes) is 1. The van der Waals surface area contributed by atoms with E-state index in [0.717, 1.165) is 16.4 Å². The third-order valence-corrected chi connectivity index (χ3v) is 2.45. The molecular formula is C11H13IO3. The lowest BCUT2D eigenvalue weighted by Gasteiger charge is -2.04. The highest BCUT2D eigenvalue weighted by atomic mass is 127. The highest BCUT2D eigenvalue weighted by molar-refractivity contribution is 14.1. The lowest BCUT2D eigenvalue weighted by atomic mass is 10.3. The number of carbonyl (C=O) groups excluding carboxylic acids is 1. The quantitative estimate of drug-likeness (QED) is 0.368. The summed E-state index contributed by atoms with van der Waals surface area (Å²) in [5, 5.41) is 0. The van der Waals surface area contributed by atoms with Crippen LogP contribution in [0.4, 0.5) is 4.79 Å². The predicted octanol–water partition coefficient (Wildman–Crippen LogP) is 3.61. The van der Waals surface area contributed by atoms with Crippen LogP contribution in [0.1, 0.15) is 19.8 Å². The third-order valence-electron chi connectivity index (χ3n) is 1.73. The van der Waals surface area contributed by atoms with E-state index >= 15 is 0 Å². The summed E-state index contributed by atoms with van der Waals surface area (Å²) in [6.45, 7) is 2.45. The van der Waals surface area contributed by atoms with Crippen molar-refractivity contribution in [1.82, 2.24) is 0 Å². The fourth-order valence-electron chi connectivity index (χ4n) is 0.928. The van der Waals surface area contributed by atoms with E-state index in [0.29, 0.717) is 12.4 Å².